The number of carboxylic acid groups (broad SMARTS) is 1. The molecule has 0 unspecified atom stereocenters. The van der Waals surface area contributed by atoms with Gasteiger partial charge in [-0.1, -0.05) is 62.4 Å². The normalized spacial score (nSPS) is 19.7. The van der Waals surface area contributed by atoms with Crippen LogP contribution in [0.2, 0.25) is 0 Å². The second kappa shape index (κ2) is 27.2. The zero-order valence-electron chi connectivity index (χ0n) is 44.4. The molecule has 0 radical (unpaired) electrons. The summed E-state index contributed by atoms with van der Waals surface area (Å²) in [4.78, 5) is 63.9. The number of carboxylic acids is 1. The van der Waals surface area contributed by atoms with E-state index in [1.54, 1.807) is 42.5 Å². The molecule has 0 spiro atoms. The van der Waals surface area contributed by atoms with Crippen molar-refractivity contribution in [1.82, 2.24) is 35.7 Å². The highest BCUT2D eigenvalue weighted by molar-refractivity contribution is 7.10. The number of aliphatic carboxylic acids is 1. The average molecular weight is 1100 g/mol. The van der Waals surface area contributed by atoms with Crippen LogP contribution in [0.4, 0.5) is 8.78 Å². The van der Waals surface area contributed by atoms with Crippen LogP contribution >= 0.6 is 22.7 Å². The number of aromatic nitrogens is 2. The first-order valence-corrected chi connectivity index (χ1v) is 28.8. The fourth-order valence-corrected chi connectivity index (χ4v) is 12.8. The van der Waals surface area contributed by atoms with E-state index in [2.05, 4.69) is 16.0 Å². The van der Waals surface area contributed by atoms with Crippen molar-refractivity contribution in [3.63, 3.8) is 0 Å². The standard InChI is InChI=1S/C29H35FN4O3S.C24H26FN3O2S.C5H11NO2/c1-3-31-18(2)27(35)33-26(19-12-15-37-16-13-19)29(36)34-14-6-9-25(34)28-32-24(17-38-28)22-10-11-23(30)21-8-5-4-7-20(21)22;25-19-8-7-18(16-4-1-2-5-17(16)19)20-14-31-23(27-20)21-6-3-11-28(21)24(29)22(26)15-9-12-30-13-10-15;1-3-6-4(2)5(7)8/h4-5,7-8,10-11,17-19,25-26,31H,3,6,9,12-16H2,1-2H3,(H,33,35);1-2,4-5,7-8,14-15,21-22H,3,6,9-13,26H2;4,6H,3H2,1-2H3,(H,7,8)/t18-,25-,26-;21-,22-;4-/m000/s1. The van der Waals surface area contributed by atoms with Gasteiger partial charge in [-0.25, -0.2) is 18.7 Å². The number of hydrogen-bond acceptors (Lipinski definition) is 13. The Hall–Kier alpha value is -5.80. The summed E-state index contributed by atoms with van der Waals surface area (Å²) in [6.07, 6.45) is 6.70. The molecule has 10 rings (SSSR count). The van der Waals surface area contributed by atoms with Crippen molar-refractivity contribution in [3.8, 4) is 22.5 Å². The van der Waals surface area contributed by atoms with Crippen LogP contribution in [-0.4, -0.2) is 125 Å². The van der Waals surface area contributed by atoms with Crippen molar-refractivity contribution in [2.45, 2.75) is 115 Å². The van der Waals surface area contributed by atoms with Gasteiger partial charge in [0.25, 0.3) is 0 Å². The van der Waals surface area contributed by atoms with E-state index in [1.165, 1.54) is 23.5 Å². The number of benzene rings is 4. The van der Waals surface area contributed by atoms with Crippen molar-refractivity contribution in [2.75, 3.05) is 52.6 Å². The van der Waals surface area contributed by atoms with Gasteiger partial charge in [0.2, 0.25) is 17.7 Å². The van der Waals surface area contributed by atoms with E-state index >= 15 is 0 Å². The summed E-state index contributed by atoms with van der Waals surface area (Å²) in [5.74, 6) is -1.24. The van der Waals surface area contributed by atoms with Crippen LogP contribution in [0.15, 0.2) is 83.6 Å². The molecule has 4 aliphatic heterocycles. The van der Waals surface area contributed by atoms with Crippen LogP contribution in [0.5, 0.6) is 0 Å². The van der Waals surface area contributed by atoms with Gasteiger partial charge in [-0.05, 0) is 125 Å². The number of thiazole rings is 2. The van der Waals surface area contributed by atoms with Gasteiger partial charge in [-0.15, -0.1) is 22.7 Å². The minimum atomic E-state index is -0.799. The second-order valence-corrected chi connectivity index (χ2v) is 21.9. The topological polar surface area (TPSA) is 201 Å². The molecule has 4 saturated heterocycles. The van der Waals surface area contributed by atoms with Crippen molar-refractivity contribution in [2.24, 2.45) is 17.6 Å². The van der Waals surface area contributed by atoms with Crippen molar-refractivity contribution in [1.29, 1.82) is 0 Å². The Labute approximate surface area is 457 Å². The Morgan fingerprint density at radius 1 is 0.649 bits per heavy atom. The fraction of sp³-hybridized carbons (Fsp3) is 0.483. The minimum Gasteiger partial charge on any atom is -0.480 e. The molecule has 15 nitrogen and oxygen atoms in total. The maximum absolute atomic E-state index is 14.4. The third-order valence-electron chi connectivity index (χ3n) is 15.1. The number of nitrogens with zero attached hydrogens (tertiary/aromatic N) is 4. The molecule has 0 aliphatic carbocycles. The van der Waals surface area contributed by atoms with Crippen LogP contribution < -0.4 is 21.7 Å². The number of hydrogen-bond donors (Lipinski definition) is 5. The van der Waals surface area contributed by atoms with Gasteiger partial charge < -0.3 is 46.1 Å². The molecule has 2 aromatic heterocycles. The Bertz CT molecular complexity index is 2960. The first kappa shape index (κ1) is 57.4. The maximum atomic E-state index is 14.4. The first-order chi connectivity index (χ1) is 37.3. The number of carbonyl (C=O) groups excluding carboxylic acids is 3. The lowest BCUT2D eigenvalue weighted by molar-refractivity contribution is -0.140. The summed E-state index contributed by atoms with van der Waals surface area (Å²) < 4.78 is 39.6. The molecular weight excluding hydrogens is 1020 g/mol. The molecule has 4 aliphatic rings. The number of fused-ring (bicyclic) bond motifs is 2. The van der Waals surface area contributed by atoms with Gasteiger partial charge in [-0.2, -0.15) is 0 Å². The van der Waals surface area contributed by atoms with E-state index in [0.29, 0.717) is 56.8 Å². The fourth-order valence-electron chi connectivity index (χ4n) is 10.8. The number of carbonyl (C=O) groups is 4. The largest absolute Gasteiger partial charge is 0.480 e. The zero-order chi connectivity index (χ0) is 54.6. The third kappa shape index (κ3) is 13.7. The SMILES string of the molecule is CCN[C@@H](C)C(=O)N[C@H](C(=O)N1CCC[C@H]1c1nc(-c2ccc(F)c3ccccc23)cs1)C1CCOCC1.CCN[C@@H](C)C(=O)O.N[C@H](C(=O)N1CCC[C@H]1c1nc(-c2ccc(F)c3ccccc23)cs1)C1CCOCC1. The van der Waals surface area contributed by atoms with E-state index < -0.39 is 24.1 Å². The molecule has 412 valence electrons. The second-order valence-electron chi connectivity index (χ2n) is 20.1. The quantitative estimate of drug-likeness (QED) is 0.0654. The molecule has 4 aromatic carbocycles. The molecule has 19 heteroatoms. The molecular formula is C58H72F2N8O7S2. The van der Waals surface area contributed by atoms with Crippen LogP contribution in [0.3, 0.4) is 0 Å². The highest BCUT2D eigenvalue weighted by atomic mass is 32.1. The highest BCUT2D eigenvalue weighted by Crippen LogP contribution is 2.40. The first-order valence-electron chi connectivity index (χ1n) is 27.1. The summed E-state index contributed by atoms with van der Waals surface area (Å²) in [6.45, 7) is 12.5. The Kier molecular flexibility index (Phi) is 20.3. The lowest BCUT2D eigenvalue weighted by Gasteiger charge is -2.35. The van der Waals surface area contributed by atoms with Gasteiger partial charge in [0.05, 0.1) is 35.6 Å². The van der Waals surface area contributed by atoms with E-state index in [1.807, 2.05) is 77.7 Å². The Balaban J connectivity index is 0.000000181. The number of ether oxygens (including phenoxy) is 2. The zero-order valence-corrected chi connectivity index (χ0v) is 46.0. The maximum Gasteiger partial charge on any atom is 0.320 e. The molecule has 0 saturated carbocycles. The summed E-state index contributed by atoms with van der Waals surface area (Å²) in [7, 11) is 0. The van der Waals surface area contributed by atoms with Crippen LogP contribution in [0, 0.1) is 23.5 Å². The number of rotatable bonds is 15. The number of amides is 3. The number of nitrogens with one attached hydrogen (secondary N) is 3. The highest BCUT2D eigenvalue weighted by Gasteiger charge is 2.41. The molecule has 4 fully saturated rings. The average Bonchev–Trinajstić information content (AvgIpc) is 4.34. The molecule has 0 bridgehead atoms. The number of nitrogens with two attached hydrogens (primary N) is 1. The van der Waals surface area contributed by atoms with Crippen LogP contribution in [-0.2, 0) is 28.7 Å². The van der Waals surface area contributed by atoms with Gasteiger partial charge in [-0.3, -0.25) is 19.2 Å². The summed E-state index contributed by atoms with van der Waals surface area (Å²) in [5.41, 5.74) is 9.79. The van der Waals surface area contributed by atoms with Crippen molar-refractivity contribution >= 4 is 67.9 Å². The van der Waals surface area contributed by atoms with E-state index in [-0.39, 0.29) is 59.3 Å². The van der Waals surface area contributed by atoms with E-state index in [0.717, 1.165) is 101 Å². The van der Waals surface area contributed by atoms with Crippen LogP contribution in [0.25, 0.3) is 44.1 Å². The van der Waals surface area contributed by atoms with Gasteiger partial charge in [0, 0.05) is 72.2 Å². The summed E-state index contributed by atoms with van der Waals surface area (Å²) >= 11 is 3.10. The third-order valence-corrected chi connectivity index (χ3v) is 17.0. The van der Waals surface area contributed by atoms with Gasteiger partial charge in [0.1, 0.15) is 33.7 Å². The predicted molar refractivity (Wildman–Crippen MR) is 298 cm³/mol. The molecule has 6 N–H and O–H groups in total. The van der Waals surface area contributed by atoms with E-state index in [4.69, 9.17) is 30.3 Å². The summed E-state index contributed by atoms with van der Waals surface area (Å²) in [6, 6.07) is 19.4. The smallest absolute Gasteiger partial charge is 0.320 e. The summed E-state index contributed by atoms with van der Waals surface area (Å²) in [5, 5.41) is 25.8. The number of halogens is 2. The minimum absolute atomic E-state index is 0.0263. The lowest BCUT2D eigenvalue weighted by Crippen LogP contribution is -2.56. The van der Waals surface area contributed by atoms with Gasteiger partial charge >= 0.3 is 5.97 Å². The monoisotopic (exact) mass is 1090 g/mol. The molecule has 6 atom stereocenters. The Morgan fingerprint density at radius 2 is 1.09 bits per heavy atom. The lowest BCUT2D eigenvalue weighted by atomic mass is 9.90. The predicted octanol–water partition coefficient (Wildman–Crippen LogP) is 9.26. The molecule has 6 aromatic rings. The number of likely N-dealkylation sites (N-methyl/N-ethyl adjacent to an activating group) is 2. The van der Waals surface area contributed by atoms with E-state index in [9.17, 15) is 28.0 Å². The van der Waals surface area contributed by atoms with Crippen LogP contribution in [0.1, 0.15) is 101 Å². The molecule has 6 heterocycles. The molecule has 3 amide bonds. The van der Waals surface area contributed by atoms with Crippen molar-refractivity contribution in [3.05, 3.63) is 105 Å². The molecule has 77 heavy (non-hydrogen) atoms. The number of likely N-dealkylation sites (tertiary alicyclic amines) is 2. The van der Waals surface area contributed by atoms with Crippen molar-refractivity contribution < 1.29 is 42.5 Å². The van der Waals surface area contributed by atoms with Gasteiger partial charge in [0.15, 0.2) is 0 Å². The Morgan fingerprint density at radius 3 is 1.55 bits per heavy atom.